The van der Waals surface area contributed by atoms with Crippen LogP contribution in [0.15, 0.2) is 28.9 Å². The first kappa shape index (κ1) is 11.5. The highest BCUT2D eigenvalue weighted by Gasteiger charge is 2.01. The zero-order valence-electron chi connectivity index (χ0n) is 9.30. The monoisotopic (exact) mass is 248 g/mol. The molecule has 6 heteroatoms. The Labute approximate surface area is 104 Å². The number of anilines is 1. The molecule has 2 aromatic rings. The van der Waals surface area contributed by atoms with Crippen LogP contribution in [0.25, 0.3) is 0 Å². The molecular formula is C11H12N4OS. The van der Waals surface area contributed by atoms with E-state index in [9.17, 15) is 0 Å². The lowest BCUT2D eigenvalue weighted by Gasteiger charge is -2.04. The molecule has 3 N–H and O–H groups in total. The lowest BCUT2D eigenvalue weighted by Crippen LogP contribution is -2.11. The van der Waals surface area contributed by atoms with E-state index in [0.29, 0.717) is 17.2 Å². The third kappa shape index (κ3) is 3.01. The van der Waals surface area contributed by atoms with Gasteiger partial charge in [-0.1, -0.05) is 17.4 Å². The van der Waals surface area contributed by atoms with Gasteiger partial charge in [0, 0.05) is 6.07 Å². The molecule has 0 aliphatic rings. The van der Waals surface area contributed by atoms with Gasteiger partial charge in [0.05, 0.1) is 29.8 Å². The molecule has 2 heterocycles. The van der Waals surface area contributed by atoms with E-state index in [1.54, 1.807) is 12.3 Å². The number of thiocarbonyl (C=S) groups is 1. The molecule has 0 amide bonds. The van der Waals surface area contributed by atoms with Gasteiger partial charge in [0.25, 0.3) is 0 Å². The first-order valence-electron chi connectivity index (χ1n) is 5.07. The van der Waals surface area contributed by atoms with Gasteiger partial charge in [-0.15, -0.1) is 0 Å². The molecule has 0 aliphatic heterocycles. The minimum Gasteiger partial charge on any atom is -0.388 e. The molecule has 2 aromatic heterocycles. The fraction of sp³-hybridized carbons (Fsp3) is 0.182. The van der Waals surface area contributed by atoms with Crippen molar-refractivity contribution in [2.24, 2.45) is 5.73 Å². The van der Waals surface area contributed by atoms with Crippen LogP contribution in [0.1, 0.15) is 17.1 Å². The number of nitrogens with two attached hydrogens (primary N) is 1. The predicted molar refractivity (Wildman–Crippen MR) is 68.7 cm³/mol. The van der Waals surface area contributed by atoms with Crippen LogP contribution >= 0.6 is 12.2 Å². The van der Waals surface area contributed by atoms with Gasteiger partial charge >= 0.3 is 0 Å². The van der Waals surface area contributed by atoms with Crippen molar-refractivity contribution in [1.29, 1.82) is 0 Å². The summed E-state index contributed by atoms with van der Waals surface area (Å²) in [5.41, 5.74) is 7.81. The van der Waals surface area contributed by atoms with Crippen LogP contribution in [0.2, 0.25) is 0 Å². The highest BCUT2D eigenvalue weighted by atomic mass is 32.1. The highest BCUT2D eigenvalue weighted by Crippen LogP contribution is 2.09. The molecule has 88 valence electrons. The summed E-state index contributed by atoms with van der Waals surface area (Å²) in [4.78, 5) is 4.41. The summed E-state index contributed by atoms with van der Waals surface area (Å²) in [6.45, 7) is 2.44. The third-order valence-corrected chi connectivity index (χ3v) is 2.37. The summed E-state index contributed by atoms with van der Waals surface area (Å²) in [6, 6.07) is 5.52. The minimum absolute atomic E-state index is 0.294. The lowest BCUT2D eigenvalue weighted by molar-refractivity contribution is 0.384. The average Bonchev–Trinajstić information content (AvgIpc) is 2.73. The van der Waals surface area contributed by atoms with Gasteiger partial charge in [-0.05, 0) is 19.1 Å². The summed E-state index contributed by atoms with van der Waals surface area (Å²) >= 11 is 4.82. The van der Waals surface area contributed by atoms with E-state index < -0.39 is 0 Å². The Morgan fingerprint density at radius 2 is 2.35 bits per heavy atom. The van der Waals surface area contributed by atoms with Gasteiger partial charge in [0.15, 0.2) is 5.76 Å². The standard InChI is InChI=1S/C11H12N4OS/c1-7-4-9(16-15-7)6-13-8-2-3-10(11(12)17)14-5-8/h2-5,13H,6H2,1H3,(H2,12,17). The highest BCUT2D eigenvalue weighted by molar-refractivity contribution is 7.80. The van der Waals surface area contributed by atoms with Crippen LogP contribution < -0.4 is 11.1 Å². The second kappa shape index (κ2) is 4.92. The average molecular weight is 248 g/mol. The molecular weight excluding hydrogens is 236 g/mol. The molecule has 0 atom stereocenters. The summed E-state index contributed by atoms with van der Waals surface area (Å²) in [5.74, 6) is 0.779. The topological polar surface area (TPSA) is 77.0 Å². The zero-order valence-corrected chi connectivity index (χ0v) is 10.1. The van der Waals surface area contributed by atoms with Crippen molar-refractivity contribution in [1.82, 2.24) is 10.1 Å². The minimum atomic E-state index is 0.294. The fourth-order valence-corrected chi connectivity index (χ4v) is 1.45. The fourth-order valence-electron chi connectivity index (χ4n) is 1.33. The van der Waals surface area contributed by atoms with E-state index in [1.165, 1.54) is 0 Å². The molecule has 0 saturated heterocycles. The molecule has 0 spiro atoms. The number of hydrogen-bond acceptors (Lipinski definition) is 5. The second-order valence-electron chi connectivity index (χ2n) is 3.58. The van der Waals surface area contributed by atoms with Crippen LogP contribution in [0, 0.1) is 6.92 Å². The van der Waals surface area contributed by atoms with E-state index in [1.807, 2.05) is 19.1 Å². The van der Waals surface area contributed by atoms with Crippen LogP contribution in [0.3, 0.4) is 0 Å². The Hall–Kier alpha value is -1.95. The maximum atomic E-state index is 5.46. The van der Waals surface area contributed by atoms with E-state index in [2.05, 4.69) is 15.5 Å². The van der Waals surface area contributed by atoms with E-state index in [-0.39, 0.29) is 0 Å². The third-order valence-electron chi connectivity index (χ3n) is 2.16. The van der Waals surface area contributed by atoms with Crippen LogP contribution in [-0.2, 0) is 6.54 Å². The van der Waals surface area contributed by atoms with Crippen molar-refractivity contribution in [3.05, 3.63) is 41.5 Å². The molecule has 2 rings (SSSR count). The summed E-state index contributed by atoms with van der Waals surface area (Å²) < 4.78 is 5.07. The molecule has 5 nitrogen and oxygen atoms in total. The Balaban J connectivity index is 1.97. The maximum absolute atomic E-state index is 5.46. The SMILES string of the molecule is Cc1cc(CNc2ccc(C(N)=S)nc2)on1. The van der Waals surface area contributed by atoms with Gasteiger partial charge < -0.3 is 15.6 Å². The smallest absolute Gasteiger partial charge is 0.156 e. The van der Waals surface area contributed by atoms with Gasteiger partial charge in [-0.2, -0.15) is 0 Å². The first-order chi connectivity index (χ1) is 8.15. The Morgan fingerprint density at radius 3 is 2.88 bits per heavy atom. The van der Waals surface area contributed by atoms with Crippen molar-refractivity contribution < 1.29 is 4.52 Å². The quantitative estimate of drug-likeness (QED) is 0.801. The van der Waals surface area contributed by atoms with Crippen LogP contribution in [0.4, 0.5) is 5.69 Å². The summed E-state index contributed by atoms with van der Waals surface area (Å²) in [6.07, 6.45) is 1.68. The molecule has 0 fully saturated rings. The van der Waals surface area contributed by atoms with Crippen molar-refractivity contribution in [3.8, 4) is 0 Å². The Morgan fingerprint density at radius 1 is 1.53 bits per heavy atom. The number of aryl methyl sites for hydroxylation is 1. The maximum Gasteiger partial charge on any atom is 0.156 e. The van der Waals surface area contributed by atoms with Crippen LogP contribution in [-0.4, -0.2) is 15.1 Å². The number of hydrogen-bond donors (Lipinski definition) is 2. The molecule has 17 heavy (non-hydrogen) atoms. The summed E-state index contributed by atoms with van der Waals surface area (Å²) in [7, 11) is 0. The number of aromatic nitrogens is 2. The van der Waals surface area contributed by atoms with Gasteiger partial charge in [0.2, 0.25) is 0 Å². The normalized spacial score (nSPS) is 10.2. The number of nitrogens with zero attached hydrogens (tertiary/aromatic N) is 2. The van der Waals surface area contributed by atoms with Crippen molar-refractivity contribution in [3.63, 3.8) is 0 Å². The number of rotatable bonds is 4. The van der Waals surface area contributed by atoms with Crippen molar-refractivity contribution in [2.45, 2.75) is 13.5 Å². The molecule has 0 unspecified atom stereocenters. The molecule has 0 aliphatic carbocycles. The first-order valence-corrected chi connectivity index (χ1v) is 5.48. The molecule has 0 aromatic carbocycles. The van der Waals surface area contributed by atoms with Gasteiger partial charge in [-0.3, -0.25) is 4.98 Å². The number of nitrogens with one attached hydrogen (secondary N) is 1. The molecule has 0 bridgehead atoms. The van der Waals surface area contributed by atoms with Crippen molar-refractivity contribution >= 4 is 22.9 Å². The number of pyridine rings is 1. The lowest BCUT2D eigenvalue weighted by atomic mass is 10.3. The van der Waals surface area contributed by atoms with E-state index in [4.69, 9.17) is 22.5 Å². The van der Waals surface area contributed by atoms with Crippen LogP contribution in [0.5, 0.6) is 0 Å². The molecule has 0 saturated carbocycles. The van der Waals surface area contributed by atoms with E-state index in [0.717, 1.165) is 17.1 Å². The Bertz CT molecular complexity index is 521. The van der Waals surface area contributed by atoms with Gasteiger partial charge in [-0.25, -0.2) is 0 Å². The Kier molecular flexibility index (Phi) is 3.34. The predicted octanol–water partition coefficient (Wildman–Crippen LogP) is 1.62. The summed E-state index contributed by atoms with van der Waals surface area (Å²) in [5, 5.41) is 6.96. The van der Waals surface area contributed by atoms with Gasteiger partial charge in [0.1, 0.15) is 4.99 Å². The largest absolute Gasteiger partial charge is 0.388 e. The second-order valence-corrected chi connectivity index (χ2v) is 4.02. The van der Waals surface area contributed by atoms with E-state index >= 15 is 0 Å². The van der Waals surface area contributed by atoms with Crippen molar-refractivity contribution in [2.75, 3.05) is 5.32 Å². The molecule has 0 radical (unpaired) electrons. The zero-order chi connectivity index (χ0) is 12.3.